The van der Waals surface area contributed by atoms with E-state index in [2.05, 4.69) is 202 Å². The van der Waals surface area contributed by atoms with E-state index in [1.54, 1.807) is 44.3 Å². The number of pyridine rings is 3. The topological polar surface area (TPSA) is 38.7 Å². The largest absolute Gasteiger partial charge is 0.343 e. The molecule has 0 bridgehead atoms. The van der Waals surface area contributed by atoms with E-state index >= 15 is 0 Å². The van der Waals surface area contributed by atoms with Crippen LogP contribution in [-0.2, 0) is 105 Å². The fourth-order valence-corrected chi connectivity index (χ4v) is 10.1. The smallest absolute Gasteiger partial charge is 0.0886 e. The van der Waals surface area contributed by atoms with Crippen molar-refractivity contribution in [3.8, 4) is 11.4 Å². The Kier molecular flexibility index (Phi) is 77.8. The Morgan fingerprint density at radius 3 is 0.846 bits per heavy atom. The molecule has 2 aliphatic rings. The third-order valence-electron chi connectivity index (χ3n) is 14.7. The van der Waals surface area contributed by atoms with Crippen molar-refractivity contribution in [2.45, 2.75) is 232 Å². The van der Waals surface area contributed by atoms with Gasteiger partial charge in [-0.25, -0.2) is 0 Å². The Morgan fingerprint density at radius 1 is 0.410 bits per heavy atom. The molecule has 0 amide bonds. The fraction of sp³-hybridized carbons (Fsp3) is 0.692. The summed E-state index contributed by atoms with van der Waals surface area (Å²) < 4.78 is 0. The zero-order chi connectivity index (χ0) is 56.5. The van der Waals surface area contributed by atoms with Gasteiger partial charge in [-0.2, -0.15) is 28.2 Å². The Labute approximate surface area is 558 Å². The quantitative estimate of drug-likeness (QED) is 0.122. The minimum absolute atomic E-state index is 0. The Hall–Kier alpha value is 2.13. The Balaban J connectivity index is -0.0000000856. The SMILES string of the molecule is CC(C)(C)C(C)(C)C.CC(C)(C)C(C)(C)C.CC(C)(C)C(C)(C)C.[CH2-]CCCP.[CH2-]CCP.[CH2-]CC[PH+](C1CCCCC1)C1CCCCC1.[CH2-]CP.[CH2-]Cc1ccccn1.[Ni].[Ni].[Ni].[Ni].[Ni].[Ni].c1ccc(-c2ccccn2)nc1. The summed E-state index contributed by atoms with van der Waals surface area (Å²) in [5.74, 6) is 0. The fourth-order valence-electron chi connectivity index (χ4n) is 5.61. The van der Waals surface area contributed by atoms with Crippen molar-refractivity contribution in [2.24, 2.45) is 32.5 Å². The number of hydrogen-bond acceptors (Lipinski definition) is 3. The molecule has 3 unspecified atom stereocenters. The molecule has 2 saturated carbocycles. The summed E-state index contributed by atoms with van der Waals surface area (Å²) in [6.45, 7) is 59.4. The van der Waals surface area contributed by atoms with Gasteiger partial charge in [0.2, 0.25) is 0 Å². The van der Waals surface area contributed by atoms with Gasteiger partial charge in [-0.05, 0) is 126 Å². The molecule has 3 aromatic heterocycles. The van der Waals surface area contributed by atoms with Gasteiger partial charge >= 0.3 is 0 Å². The van der Waals surface area contributed by atoms with Crippen molar-refractivity contribution < 1.29 is 98.9 Å². The van der Waals surface area contributed by atoms with Crippen LogP contribution in [0.5, 0.6) is 0 Å². The van der Waals surface area contributed by atoms with Crippen LogP contribution in [0.15, 0.2) is 73.2 Å². The van der Waals surface area contributed by atoms with Crippen LogP contribution in [0.4, 0.5) is 0 Å². The third-order valence-corrected chi connectivity index (χ3v) is 19.7. The second kappa shape index (κ2) is 59.5. The first-order chi connectivity index (χ1) is 33.3. The van der Waals surface area contributed by atoms with Gasteiger partial charge in [0.05, 0.1) is 22.7 Å². The molecule has 2 aliphatic carbocycles. The van der Waals surface area contributed by atoms with Crippen molar-refractivity contribution >= 4 is 35.6 Å². The normalized spacial score (nSPS) is 13.1. The summed E-state index contributed by atoms with van der Waals surface area (Å²) in [5, 5.41) is 0. The van der Waals surface area contributed by atoms with Crippen molar-refractivity contribution in [2.75, 3.05) is 24.6 Å². The molecule has 5 rings (SSSR count). The average molecular weight is 1420 g/mol. The van der Waals surface area contributed by atoms with Gasteiger partial charge in [0.25, 0.3) is 0 Å². The van der Waals surface area contributed by atoms with Gasteiger partial charge in [-0.15, -0.1) is 31.3 Å². The molecule has 78 heavy (non-hydrogen) atoms. The van der Waals surface area contributed by atoms with Gasteiger partial charge in [0.1, 0.15) is 0 Å². The van der Waals surface area contributed by atoms with E-state index < -0.39 is 0 Å². The van der Waals surface area contributed by atoms with E-state index in [4.69, 9.17) is 0 Å². The molecular formula is C65H123N3Ni6P4-4. The van der Waals surface area contributed by atoms with E-state index in [9.17, 15) is 0 Å². The van der Waals surface area contributed by atoms with E-state index in [1.807, 2.05) is 54.6 Å². The monoisotopic (exact) mass is 1420 g/mol. The number of nitrogens with zero attached hydrogens (tertiary/aromatic N) is 3. The first kappa shape index (κ1) is 102. The molecule has 0 spiro atoms. The molecular weight excluding hydrogens is 1300 g/mol. The molecule has 3 nitrogen and oxygen atoms in total. The van der Waals surface area contributed by atoms with E-state index in [0.717, 1.165) is 48.7 Å². The molecule has 2 fully saturated rings. The van der Waals surface area contributed by atoms with Crippen molar-refractivity contribution in [3.05, 3.63) is 114 Å². The molecule has 3 aromatic rings. The standard InChI is InChI=1S/C15H28P.C10H8N2.3C8H18.C7H8N.C4H10P.C3H8P.C2H6P.6Ni/c1-2-13-16(14-9-5-3-6-10-14)15-11-7-4-8-12-15;1-3-7-11-9(5-1)10-6-2-4-8-12-10;3*1-7(2,3)8(4,5)6;1-2-7-5-3-4-6-8-7;1-2-3-4-5;1-2-3-4;1-2-3;;;;;;/h14-15H,1-13H2;1-8H;3*1-6H3;3-6H,1-2H2;1-5H2;1-4H2;1-3H2;;;;;;/q-1;;;;;4*-1;;;;;;/p+1. The van der Waals surface area contributed by atoms with Gasteiger partial charge < -0.3 is 34.6 Å². The van der Waals surface area contributed by atoms with Crippen LogP contribution in [0, 0.1) is 67.1 Å². The van der Waals surface area contributed by atoms with Crippen LogP contribution in [-0.4, -0.2) is 50.9 Å². The minimum atomic E-state index is -0.0593. The van der Waals surface area contributed by atoms with Crippen LogP contribution in [0.1, 0.15) is 220 Å². The van der Waals surface area contributed by atoms with Crippen molar-refractivity contribution in [1.82, 2.24) is 15.0 Å². The van der Waals surface area contributed by atoms with Crippen LogP contribution >= 0.6 is 35.6 Å². The van der Waals surface area contributed by atoms with Gasteiger partial charge in [-0.3, -0.25) is 15.0 Å². The van der Waals surface area contributed by atoms with Gasteiger partial charge in [0.15, 0.2) is 0 Å². The zero-order valence-corrected chi connectivity index (χ0v) is 63.4. The molecule has 13 heteroatoms. The number of unbranched alkanes of at least 4 members (excludes halogenated alkanes) is 1. The first-order valence-electron chi connectivity index (χ1n) is 28.0. The summed E-state index contributed by atoms with van der Waals surface area (Å²) in [7, 11) is 7.66. The minimum Gasteiger partial charge on any atom is -0.343 e. The molecule has 0 aromatic carbocycles. The first-order valence-corrected chi connectivity index (χ1v) is 32.3. The van der Waals surface area contributed by atoms with E-state index in [1.165, 1.54) is 75.0 Å². The number of hydrogen-bond donors (Lipinski definition) is 0. The maximum absolute atomic E-state index is 4.19. The zero-order valence-electron chi connectivity index (χ0n) is 53.0. The van der Waals surface area contributed by atoms with Crippen molar-refractivity contribution in [1.29, 1.82) is 0 Å². The average Bonchev–Trinajstić information content (AvgIpc) is 3.32. The summed E-state index contributed by atoms with van der Waals surface area (Å²) in [5.41, 5.74) is 7.84. The molecule has 3 heterocycles. The second-order valence-electron chi connectivity index (χ2n) is 25.3. The Bertz CT molecular complexity index is 1420. The second-order valence-corrected chi connectivity index (χ2v) is 30.3. The molecule has 0 N–H and O–H groups in total. The molecule has 0 saturated heterocycles. The predicted octanol–water partition coefficient (Wildman–Crippen LogP) is 21.2. The van der Waals surface area contributed by atoms with Crippen LogP contribution < -0.4 is 0 Å². The summed E-state index contributed by atoms with van der Waals surface area (Å²) in [6.07, 6.45) is 30.8. The van der Waals surface area contributed by atoms with Crippen molar-refractivity contribution in [3.63, 3.8) is 0 Å². The summed E-state index contributed by atoms with van der Waals surface area (Å²) in [6, 6.07) is 17.4. The van der Waals surface area contributed by atoms with Crippen LogP contribution in [0.3, 0.4) is 0 Å². The molecule has 0 aliphatic heterocycles. The number of rotatable bonds is 9. The Morgan fingerprint density at radius 2 is 0.692 bits per heavy atom. The van der Waals surface area contributed by atoms with Gasteiger partial charge in [-0.1, -0.05) is 168 Å². The van der Waals surface area contributed by atoms with E-state index in [-0.39, 0.29) is 107 Å². The number of aromatic nitrogens is 3. The summed E-state index contributed by atoms with van der Waals surface area (Å²) >= 11 is 0. The predicted molar refractivity (Wildman–Crippen MR) is 348 cm³/mol. The molecule has 0 radical (unpaired) electrons. The van der Waals surface area contributed by atoms with E-state index in [0.29, 0.717) is 32.5 Å². The van der Waals surface area contributed by atoms with Crippen LogP contribution in [0.2, 0.25) is 0 Å². The maximum atomic E-state index is 4.19. The third kappa shape index (κ3) is 58.5. The molecule has 482 valence electrons. The summed E-state index contributed by atoms with van der Waals surface area (Å²) in [4.78, 5) is 12.4. The van der Waals surface area contributed by atoms with Crippen LogP contribution in [0.25, 0.3) is 11.4 Å². The molecule has 3 atom stereocenters. The maximum Gasteiger partial charge on any atom is 0.0886 e. The van der Waals surface area contributed by atoms with Gasteiger partial charge in [0, 0.05) is 137 Å².